The molecule has 0 N–H and O–H groups in total. The van der Waals surface area contributed by atoms with Crippen molar-refractivity contribution in [3.05, 3.63) is 29.1 Å². The molecule has 0 spiro atoms. The zero-order valence-electron chi connectivity index (χ0n) is 12.1. The molecule has 1 fully saturated rings. The van der Waals surface area contributed by atoms with E-state index in [0.29, 0.717) is 5.69 Å². The van der Waals surface area contributed by atoms with Crippen LogP contribution in [0.15, 0.2) is 27.9 Å². The van der Waals surface area contributed by atoms with Crippen molar-refractivity contribution in [2.75, 3.05) is 12.0 Å². The summed E-state index contributed by atoms with van der Waals surface area (Å²) in [7, 11) is -3.13. The van der Waals surface area contributed by atoms with Gasteiger partial charge in [0, 0.05) is 30.6 Å². The van der Waals surface area contributed by atoms with E-state index >= 15 is 0 Å². The fourth-order valence-corrected chi connectivity index (χ4v) is 4.42. The second-order valence-electron chi connectivity index (χ2n) is 5.87. The predicted molar refractivity (Wildman–Crippen MR) is 77.8 cm³/mol. The number of sulfone groups is 1. The molecule has 0 saturated heterocycles. The highest BCUT2D eigenvalue weighted by molar-refractivity contribution is 7.90. The molecule has 0 bridgehead atoms. The molecule has 22 heavy (non-hydrogen) atoms. The van der Waals surface area contributed by atoms with Crippen LogP contribution in [-0.4, -0.2) is 40.1 Å². The standard InChI is InChI=1S/C13H16N4O4S/c1-22(19,20)9-13(3-2-4-13)8-17-11(16-21-12(17)18)10-7-14-5-6-15-10/h5-7H,2-4,8-9H2,1H3. The molecule has 1 saturated carbocycles. The van der Waals surface area contributed by atoms with Gasteiger partial charge in [0.2, 0.25) is 5.82 Å². The second kappa shape index (κ2) is 5.31. The van der Waals surface area contributed by atoms with Gasteiger partial charge in [-0.3, -0.25) is 14.1 Å². The lowest BCUT2D eigenvalue weighted by Crippen LogP contribution is -2.42. The van der Waals surface area contributed by atoms with E-state index in [4.69, 9.17) is 4.52 Å². The maximum Gasteiger partial charge on any atom is 0.441 e. The summed E-state index contributed by atoms with van der Waals surface area (Å²) in [6, 6.07) is 0. The molecule has 0 amide bonds. The van der Waals surface area contributed by atoms with Crippen molar-refractivity contribution < 1.29 is 12.9 Å². The highest BCUT2D eigenvalue weighted by atomic mass is 32.2. The minimum Gasteiger partial charge on any atom is -0.295 e. The smallest absolute Gasteiger partial charge is 0.295 e. The Bertz CT molecular complexity index is 821. The van der Waals surface area contributed by atoms with Gasteiger partial charge in [0.15, 0.2) is 0 Å². The second-order valence-corrected chi connectivity index (χ2v) is 8.01. The van der Waals surface area contributed by atoms with Crippen LogP contribution in [0.25, 0.3) is 11.5 Å². The van der Waals surface area contributed by atoms with E-state index in [2.05, 4.69) is 15.1 Å². The monoisotopic (exact) mass is 324 g/mol. The van der Waals surface area contributed by atoms with Crippen molar-refractivity contribution in [3.63, 3.8) is 0 Å². The highest BCUT2D eigenvalue weighted by Crippen LogP contribution is 2.43. The van der Waals surface area contributed by atoms with E-state index in [-0.39, 0.29) is 18.1 Å². The van der Waals surface area contributed by atoms with Crippen LogP contribution >= 0.6 is 0 Å². The first-order valence-electron chi connectivity index (χ1n) is 6.89. The lowest BCUT2D eigenvalue weighted by Gasteiger charge is -2.41. The van der Waals surface area contributed by atoms with Crippen LogP contribution in [0.4, 0.5) is 0 Å². The SMILES string of the molecule is CS(=O)(=O)CC1(Cn2c(-c3cnccn3)noc2=O)CCC1. The van der Waals surface area contributed by atoms with Crippen molar-refractivity contribution in [2.45, 2.75) is 25.8 Å². The van der Waals surface area contributed by atoms with Crippen LogP contribution in [0.3, 0.4) is 0 Å². The third-order valence-electron chi connectivity index (χ3n) is 3.95. The van der Waals surface area contributed by atoms with Gasteiger partial charge in [-0.2, -0.15) is 0 Å². The summed E-state index contributed by atoms with van der Waals surface area (Å²) in [6.45, 7) is 0.258. The van der Waals surface area contributed by atoms with Crippen molar-refractivity contribution >= 4 is 9.84 Å². The van der Waals surface area contributed by atoms with Crippen molar-refractivity contribution in [3.8, 4) is 11.5 Å². The van der Waals surface area contributed by atoms with Gasteiger partial charge in [0.1, 0.15) is 15.5 Å². The van der Waals surface area contributed by atoms with E-state index in [0.717, 1.165) is 19.3 Å². The average molecular weight is 324 g/mol. The summed E-state index contributed by atoms with van der Waals surface area (Å²) in [5.74, 6) is -0.282. The van der Waals surface area contributed by atoms with Gasteiger partial charge < -0.3 is 0 Å². The molecule has 1 aliphatic carbocycles. The molecule has 0 unspecified atom stereocenters. The molecule has 0 radical (unpaired) electrons. The van der Waals surface area contributed by atoms with Crippen LogP contribution in [0, 0.1) is 5.41 Å². The molecule has 2 aromatic heterocycles. The van der Waals surface area contributed by atoms with Crippen LogP contribution in [0.5, 0.6) is 0 Å². The molecule has 0 aliphatic heterocycles. The van der Waals surface area contributed by atoms with Crippen molar-refractivity contribution in [1.82, 2.24) is 19.7 Å². The first-order valence-corrected chi connectivity index (χ1v) is 8.95. The first kappa shape index (κ1) is 14.9. The van der Waals surface area contributed by atoms with Gasteiger partial charge in [-0.15, -0.1) is 0 Å². The Hall–Kier alpha value is -2.03. The molecular weight excluding hydrogens is 308 g/mol. The minimum atomic E-state index is -3.13. The lowest BCUT2D eigenvalue weighted by atomic mass is 9.70. The summed E-state index contributed by atoms with van der Waals surface area (Å²) >= 11 is 0. The first-order chi connectivity index (χ1) is 10.4. The third kappa shape index (κ3) is 2.94. The van der Waals surface area contributed by atoms with Gasteiger partial charge in [0.25, 0.3) is 0 Å². The maximum absolute atomic E-state index is 11.9. The summed E-state index contributed by atoms with van der Waals surface area (Å²) in [5.41, 5.74) is -0.0119. The van der Waals surface area contributed by atoms with E-state index in [1.54, 1.807) is 0 Å². The lowest BCUT2D eigenvalue weighted by molar-refractivity contribution is 0.133. The minimum absolute atomic E-state index is 0.0531. The Kier molecular flexibility index (Phi) is 3.59. The Morgan fingerprint density at radius 3 is 2.68 bits per heavy atom. The normalized spacial score (nSPS) is 17.1. The summed E-state index contributed by atoms with van der Waals surface area (Å²) in [6.07, 6.45) is 8.19. The molecule has 2 aromatic rings. The average Bonchev–Trinajstić information content (AvgIpc) is 2.77. The summed E-state index contributed by atoms with van der Waals surface area (Å²) < 4.78 is 29.4. The van der Waals surface area contributed by atoms with Gasteiger partial charge >= 0.3 is 5.76 Å². The molecule has 8 nitrogen and oxygen atoms in total. The molecule has 118 valence electrons. The number of hydrogen-bond donors (Lipinski definition) is 0. The topological polar surface area (TPSA) is 108 Å². The van der Waals surface area contributed by atoms with Crippen molar-refractivity contribution in [2.24, 2.45) is 5.41 Å². The zero-order chi connectivity index (χ0) is 15.8. The third-order valence-corrected chi connectivity index (χ3v) is 5.09. The highest BCUT2D eigenvalue weighted by Gasteiger charge is 2.41. The number of nitrogens with zero attached hydrogens (tertiary/aromatic N) is 4. The molecule has 1 aliphatic rings. The predicted octanol–water partition coefficient (Wildman–Crippen LogP) is 0.508. The molecule has 9 heteroatoms. The molecular formula is C13H16N4O4S. The van der Waals surface area contributed by atoms with Crippen molar-refractivity contribution in [1.29, 1.82) is 0 Å². The molecule has 3 rings (SSSR count). The van der Waals surface area contributed by atoms with Gasteiger partial charge in [0.05, 0.1) is 11.9 Å². The Labute approximate surface area is 127 Å². The molecule has 0 aromatic carbocycles. The van der Waals surface area contributed by atoms with E-state index in [1.807, 2.05) is 0 Å². The van der Waals surface area contributed by atoms with E-state index in [1.165, 1.54) is 29.4 Å². The van der Waals surface area contributed by atoms with Gasteiger partial charge in [-0.05, 0) is 12.8 Å². The summed E-state index contributed by atoms with van der Waals surface area (Å²) in [4.78, 5) is 20.0. The largest absolute Gasteiger partial charge is 0.441 e. The van der Waals surface area contributed by atoms with E-state index in [9.17, 15) is 13.2 Å². The Morgan fingerprint density at radius 1 is 1.36 bits per heavy atom. The van der Waals surface area contributed by atoms with Gasteiger partial charge in [-0.25, -0.2) is 18.2 Å². The molecule has 2 heterocycles. The van der Waals surface area contributed by atoms with Crippen LogP contribution in [0.1, 0.15) is 19.3 Å². The van der Waals surface area contributed by atoms with Gasteiger partial charge in [-0.1, -0.05) is 11.6 Å². The number of rotatable bonds is 5. The quantitative estimate of drug-likeness (QED) is 0.788. The maximum atomic E-state index is 11.9. The van der Waals surface area contributed by atoms with Crippen LogP contribution < -0.4 is 5.76 Å². The van der Waals surface area contributed by atoms with Crippen LogP contribution in [-0.2, 0) is 16.4 Å². The fourth-order valence-electron chi connectivity index (χ4n) is 2.92. The fraction of sp³-hybridized carbons (Fsp3) is 0.538. The number of aromatic nitrogens is 4. The summed E-state index contributed by atoms with van der Waals surface area (Å²) in [5, 5.41) is 3.75. The van der Waals surface area contributed by atoms with E-state index < -0.39 is 21.0 Å². The van der Waals surface area contributed by atoms with Crippen LogP contribution in [0.2, 0.25) is 0 Å². The zero-order valence-corrected chi connectivity index (χ0v) is 12.9. The number of hydrogen-bond acceptors (Lipinski definition) is 7. The molecule has 0 atom stereocenters. The Morgan fingerprint density at radius 2 is 2.14 bits per heavy atom. The Balaban J connectivity index is 1.96.